The molecule has 110 valence electrons. The number of aromatic nitrogens is 1. The Bertz CT molecular complexity index is 739. The zero-order chi connectivity index (χ0) is 15.2. The number of nitrogens with one attached hydrogen (secondary N) is 1. The maximum Gasteiger partial charge on any atom is 0.305 e. The quantitative estimate of drug-likeness (QED) is 0.879. The van der Waals surface area contributed by atoms with Crippen LogP contribution < -0.4 is 9.77 Å². The number of rotatable bonds is 1. The van der Waals surface area contributed by atoms with Crippen LogP contribution in [-0.4, -0.2) is 17.4 Å². The predicted octanol–water partition coefficient (Wildman–Crippen LogP) is 3.23. The van der Waals surface area contributed by atoms with E-state index >= 15 is 0 Å². The third kappa shape index (κ3) is 2.42. The highest BCUT2D eigenvalue weighted by molar-refractivity contribution is 7.07. The van der Waals surface area contributed by atoms with E-state index in [1.54, 1.807) is 10.3 Å². The zero-order valence-corrected chi connectivity index (χ0v) is 13.2. The molecule has 1 aliphatic rings. The van der Waals surface area contributed by atoms with Crippen molar-refractivity contribution in [2.75, 3.05) is 11.4 Å². The van der Waals surface area contributed by atoms with Crippen LogP contribution in [0, 0.1) is 5.41 Å². The number of hydrogen-bond acceptors (Lipinski definition) is 3. The maximum absolute atomic E-state index is 12.7. The molecule has 0 radical (unpaired) electrons. The van der Waals surface area contributed by atoms with Crippen molar-refractivity contribution in [3.63, 3.8) is 0 Å². The third-order valence-electron chi connectivity index (χ3n) is 4.01. The Balaban J connectivity index is 2.02. The normalized spacial score (nSPS) is 17.9. The molecular formula is C16H18N2O2S. The SMILES string of the molecule is CC(C)(C)C1CN(C(=O)c2csc(=O)[nH]2)c2ccccc21. The van der Waals surface area contributed by atoms with E-state index in [2.05, 4.69) is 31.8 Å². The smallest absolute Gasteiger partial charge is 0.305 e. The molecule has 1 aromatic heterocycles. The number of carbonyl (C=O) groups is 1. The summed E-state index contributed by atoms with van der Waals surface area (Å²) in [5, 5.41) is 1.59. The largest absolute Gasteiger partial charge is 0.308 e. The minimum Gasteiger partial charge on any atom is -0.308 e. The summed E-state index contributed by atoms with van der Waals surface area (Å²) in [7, 11) is 0. The van der Waals surface area contributed by atoms with Gasteiger partial charge in [0.1, 0.15) is 5.69 Å². The van der Waals surface area contributed by atoms with Crippen LogP contribution in [0.5, 0.6) is 0 Å². The Morgan fingerprint density at radius 2 is 2.05 bits per heavy atom. The fraction of sp³-hybridized carbons (Fsp3) is 0.375. The van der Waals surface area contributed by atoms with Gasteiger partial charge in [0.2, 0.25) is 0 Å². The van der Waals surface area contributed by atoms with Crippen LogP contribution in [0.4, 0.5) is 5.69 Å². The van der Waals surface area contributed by atoms with E-state index in [1.165, 1.54) is 5.56 Å². The monoisotopic (exact) mass is 302 g/mol. The Hall–Kier alpha value is -1.88. The number of hydrogen-bond donors (Lipinski definition) is 1. The first-order chi connectivity index (χ1) is 9.88. The summed E-state index contributed by atoms with van der Waals surface area (Å²) in [4.78, 5) is 28.1. The van der Waals surface area contributed by atoms with Crippen LogP contribution in [0.1, 0.15) is 42.7 Å². The van der Waals surface area contributed by atoms with Crippen molar-refractivity contribution in [2.24, 2.45) is 5.41 Å². The molecular weight excluding hydrogens is 284 g/mol. The van der Waals surface area contributed by atoms with Gasteiger partial charge in [0, 0.05) is 23.5 Å². The lowest BCUT2D eigenvalue weighted by Gasteiger charge is -2.27. The third-order valence-corrected chi connectivity index (χ3v) is 4.68. The summed E-state index contributed by atoms with van der Waals surface area (Å²) in [6.45, 7) is 7.22. The molecule has 0 saturated carbocycles. The van der Waals surface area contributed by atoms with Gasteiger partial charge in [0.05, 0.1) is 0 Å². The van der Waals surface area contributed by atoms with Crippen LogP contribution >= 0.6 is 11.3 Å². The molecule has 0 spiro atoms. The average Bonchev–Trinajstić information content (AvgIpc) is 3.01. The topological polar surface area (TPSA) is 53.2 Å². The molecule has 4 nitrogen and oxygen atoms in total. The van der Waals surface area contributed by atoms with Crippen molar-refractivity contribution in [3.05, 3.63) is 50.6 Å². The van der Waals surface area contributed by atoms with E-state index in [-0.39, 0.29) is 16.2 Å². The summed E-state index contributed by atoms with van der Waals surface area (Å²) in [6, 6.07) is 8.02. The van der Waals surface area contributed by atoms with Gasteiger partial charge in [0.15, 0.2) is 0 Å². The molecule has 1 N–H and O–H groups in total. The molecule has 1 aromatic carbocycles. The molecule has 0 bridgehead atoms. The van der Waals surface area contributed by atoms with Crippen LogP contribution in [0.2, 0.25) is 0 Å². The molecule has 3 rings (SSSR count). The van der Waals surface area contributed by atoms with E-state index in [0.29, 0.717) is 18.2 Å². The summed E-state index contributed by atoms with van der Waals surface area (Å²) >= 11 is 1.02. The van der Waals surface area contributed by atoms with Gasteiger partial charge in [0.25, 0.3) is 5.91 Å². The highest BCUT2D eigenvalue weighted by atomic mass is 32.1. The van der Waals surface area contributed by atoms with E-state index < -0.39 is 0 Å². The van der Waals surface area contributed by atoms with E-state index in [4.69, 9.17) is 0 Å². The average molecular weight is 302 g/mol. The number of para-hydroxylation sites is 1. The molecule has 0 saturated heterocycles. The number of nitrogens with zero attached hydrogens (tertiary/aromatic N) is 1. The summed E-state index contributed by atoms with van der Waals surface area (Å²) < 4.78 is 0. The van der Waals surface area contributed by atoms with Gasteiger partial charge in [-0.05, 0) is 17.0 Å². The van der Waals surface area contributed by atoms with E-state index in [9.17, 15) is 9.59 Å². The Morgan fingerprint density at radius 1 is 1.33 bits per heavy atom. The Labute approximate surface area is 127 Å². The van der Waals surface area contributed by atoms with Gasteiger partial charge in [-0.3, -0.25) is 9.59 Å². The number of aromatic amines is 1. The number of H-pyrrole nitrogens is 1. The van der Waals surface area contributed by atoms with Crippen LogP contribution in [0.25, 0.3) is 0 Å². The number of carbonyl (C=O) groups excluding carboxylic acids is 1. The zero-order valence-electron chi connectivity index (χ0n) is 12.3. The number of benzene rings is 1. The van der Waals surface area contributed by atoms with Crippen molar-refractivity contribution in [1.82, 2.24) is 4.98 Å². The Kier molecular flexibility index (Phi) is 3.24. The van der Waals surface area contributed by atoms with Crippen molar-refractivity contribution < 1.29 is 4.79 Å². The van der Waals surface area contributed by atoms with Crippen molar-refractivity contribution in [3.8, 4) is 0 Å². The first-order valence-corrected chi connectivity index (χ1v) is 7.84. The standard InChI is InChI=1S/C16H18N2O2S/c1-16(2,3)11-8-18(13-7-5-4-6-10(11)13)14(19)12-9-21-15(20)17-12/h4-7,9,11H,8H2,1-3H3,(H,17,20). The molecule has 1 unspecified atom stereocenters. The van der Waals surface area contributed by atoms with Gasteiger partial charge in [-0.15, -0.1) is 0 Å². The van der Waals surface area contributed by atoms with Gasteiger partial charge in [-0.2, -0.15) is 0 Å². The molecule has 0 fully saturated rings. The molecule has 1 amide bonds. The summed E-state index contributed by atoms with van der Waals surface area (Å²) in [6.07, 6.45) is 0. The predicted molar refractivity (Wildman–Crippen MR) is 85.3 cm³/mol. The van der Waals surface area contributed by atoms with Crippen molar-refractivity contribution >= 4 is 22.9 Å². The number of fused-ring (bicyclic) bond motifs is 1. The Morgan fingerprint density at radius 3 is 2.67 bits per heavy atom. The van der Waals surface area contributed by atoms with Crippen molar-refractivity contribution in [2.45, 2.75) is 26.7 Å². The summed E-state index contributed by atoms with van der Waals surface area (Å²) in [5.41, 5.74) is 2.60. The van der Waals surface area contributed by atoms with Crippen LogP contribution in [-0.2, 0) is 0 Å². The fourth-order valence-electron chi connectivity index (χ4n) is 2.87. The molecule has 1 atom stereocenters. The van der Waals surface area contributed by atoms with E-state index in [1.807, 2.05) is 18.2 Å². The second-order valence-electron chi connectivity index (χ2n) is 6.46. The van der Waals surface area contributed by atoms with Crippen LogP contribution in [0.3, 0.4) is 0 Å². The lowest BCUT2D eigenvalue weighted by Crippen LogP contribution is -2.32. The first kappa shape index (κ1) is 14.1. The minimum absolute atomic E-state index is 0.0766. The van der Waals surface area contributed by atoms with Gasteiger partial charge in [-0.25, -0.2) is 0 Å². The van der Waals surface area contributed by atoms with Gasteiger partial charge in [-0.1, -0.05) is 50.3 Å². The minimum atomic E-state index is -0.196. The molecule has 2 aromatic rings. The highest BCUT2D eigenvalue weighted by Crippen LogP contribution is 2.45. The molecule has 2 heterocycles. The number of thiazole rings is 1. The summed E-state index contributed by atoms with van der Waals surface area (Å²) in [5.74, 6) is 0.163. The molecule has 5 heteroatoms. The van der Waals surface area contributed by atoms with E-state index in [0.717, 1.165) is 17.0 Å². The maximum atomic E-state index is 12.7. The first-order valence-electron chi connectivity index (χ1n) is 6.96. The molecule has 21 heavy (non-hydrogen) atoms. The van der Waals surface area contributed by atoms with Crippen molar-refractivity contribution in [1.29, 1.82) is 0 Å². The number of amides is 1. The van der Waals surface area contributed by atoms with Gasteiger partial charge < -0.3 is 9.88 Å². The second kappa shape index (κ2) is 4.84. The molecule has 1 aliphatic heterocycles. The molecule has 0 aliphatic carbocycles. The van der Waals surface area contributed by atoms with Crippen LogP contribution in [0.15, 0.2) is 34.4 Å². The number of anilines is 1. The van der Waals surface area contributed by atoms with Gasteiger partial charge >= 0.3 is 4.87 Å². The lowest BCUT2D eigenvalue weighted by atomic mass is 9.78. The highest BCUT2D eigenvalue weighted by Gasteiger charge is 2.38. The lowest BCUT2D eigenvalue weighted by molar-refractivity contribution is 0.0981. The second-order valence-corrected chi connectivity index (χ2v) is 7.30. The fourth-order valence-corrected chi connectivity index (χ4v) is 3.42.